The molecule has 2 aromatic rings. The molecule has 0 radical (unpaired) electrons. The molecule has 0 spiro atoms. The Hall–Kier alpha value is -0.536. The summed E-state index contributed by atoms with van der Waals surface area (Å²) in [4.78, 5) is 0. The van der Waals surface area contributed by atoms with E-state index < -0.39 is 16.1 Å². The van der Waals surface area contributed by atoms with Gasteiger partial charge in [-0.25, -0.2) is 8.78 Å². The van der Waals surface area contributed by atoms with Crippen molar-refractivity contribution >= 4 is 49.1 Å². The SMILES string of the molecule is C[Si](C)(C[Si](C)(CI)c1ccc(F)cc1)c1ccc(F)cc1. The highest BCUT2D eigenvalue weighted by atomic mass is 127. The first-order valence-corrected chi connectivity index (χ1v) is 15.0. The van der Waals surface area contributed by atoms with Gasteiger partial charge < -0.3 is 0 Å². The molecular weight excluding hydrogens is 425 g/mol. The van der Waals surface area contributed by atoms with Gasteiger partial charge in [0.25, 0.3) is 0 Å². The lowest BCUT2D eigenvalue weighted by Gasteiger charge is -2.34. The van der Waals surface area contributed by atoms with Crippen molar-refractivity contribution < 1.29 is 8.78 Å². The van der Waals surface area contributed by atoms with Crippen LogP contribution in [0.5, 0.6) is 0 Å². The van der Waals surface area contributed by atoms with Gasteiger partial charge in [-0.15, -0.1) is 0 Å². The minimum absolute atomic E-state index is 0.177. The number of benzene rings is 2. The summed E-state index contributed by atoms with van der Waals surface area (Å²) in [5, 5.41) is 2.60. The molecule has 0 amide bonds. The van der Waals surface area contributed by atoms with Gasteiger partial charge in [-0.2, -0.15) is 0 Å². The van der Waals surface area contributed by atoms with Crippen LogP contribution in [0.2, 0.25) is 25.3 Å². The van der Waals surface area contributed by atoms with Crippen LogP contribution >= 0.6 is 22.6 Å². The molecule has 2 rings (SSSR count). The Bertz CT molecular complexity index is 626. The van der Waals surface area contributed by atoms with Gasteiger partial charge in [0.1, 0.15) is 11.6 Å². The first-order chi connectivity index (χ1) is 10.3. The van der Waals surface area contributed by atoms with Gasteiger partial charge in [0.15, 0.2) is 0 Å². The van der Waals surface area contributed by atoms with Crippen LogP contribution in [0, 0.1) is 11.6 Å². The molecule has 1 unspecified atom stereocenters. The van der Waals surface area contributed by atoms with Gasteiger partial charge in [0.05, 0.1) is 16.1 Å². The number of rotatable bonds is 5. The molecule has 118 valence electrons. The monoisotopic (exact) mass is 446 g/mol. The Morgan fingerprint density at radius 1 is 0.773 bits per heavy atom. The molecule has 0 aliphatic rings. The van der Waals surface area contributed by atoms with Crippen LogP contribution in [0.15, 0.2) is 48.5 Å². The quantitative estimate of drug-likeness (QED) is 0.363. The normalized spacial score (nSPS) is 14.6. The standard InChI is InChI=1S/C17H21F2ISi2/c1-21(2,16-8-4-14(18)5-9-16)13-22(3,12-20)17-10-6-15(19)7-11-17/h4-11H,12-13H2,1-3H3. The second-order valence-corrected chi connectivity index (χ2v) is 18.8. The highest BCUT2D eigenvalue weighted by Crippen LogP contribution is 2.22. The number of alkyl halides is 1. The Morgan fingerprint density at radius 3 is 1.59 bits per heavy atom. The predicted molar refractivity (Wildman–Crippen MR) is 105 cm³/mol. The van der Waals surface area contributed by atoms with Gasteiger partial charge >= 0.3 is 0 Å². The maximum atomic E-state index is 13.2. The van der Waals surface area contributed by atoms with Crippen molar-refractivity contribution in [2.45, 2.75) is 25.3 Å². The molecule has 1 atom stereocenters. The summed E-state index contributed by atoms with van der Waals surface area (Å²) in [5.74, 6) is -0.357. The highest BCUT2D eigenvalue weighted by Gasteiger charge is 2.37. The van der Waals surface area contributed by atoms with E-state index in [2.05, 4.69) is 42.2 Å². The first kappa shape index (κ1) is 17.8. The highest BCUT2D eigenvalue weighted by molar-refractivity contribution is 14.1. The largest absolute Gasteiger partial charge is 0.207 e. The molecule has 0 aromatic heterocycles. The summed E-state index contributed by atoms with van der Waals surface area (Å²) in [7, 11) is -3.32. The van der Waals surface area contributed by atoms with Crippen molar-refractivity contribution in [2.24, 2.45) is 0 Å². The maximum absolute atomic E-state index is 13.2. The third-order valence-electron chi connectivity index (χ3n) is 4.29. The Labute approximate surface area is 147 Å². The third-order valence-corrected chi connectivity index (χ3v) is 20.2. The Balaban J connectivity index is 2.31. The zero-order valence-electron chi connectivity index (χ0n) is 13.2. The van der Waals surface area contributed by atoms with Gasteiger partial charge in [-0.3, -0.25) is 0 Å². The van der Waals surface area contributed by atoms with E-state index in [1.54, 1.807) is 24.3 Å². The molecular formula is C17H21F2ISi2. The maximum Gasteiger partial charge on any atom is 0.123 e. The summed E-state index contributed by atoms with van der Waals surface area (Å²) in [6.45, 7) is 7.08. The van der Waals surface area contributed by atoms with Gasteiger partial charge in [-0.05, 0) is 28.3 Å². The third kappa shape index (κ3) is 4.05. The van der Waals surface area contributed by atoms with Gasteiger partial charge in [0, 0.05) is 0 Å². The lowest BCUT2D eigenvalue weighted by Crippen LogP contribution is -2.56. The van der Waals surface area contributed by atoms with E-state index in [9.17, 15) is 8.78 Å². The first-order valence-electron chi connectivity index (χ1n) is 7.35. The summed E-state index contributed by atoms with van der Waals surface area (Å²) in [5.41, 5.74) is 1.18. The van der Waals surface area contributed by atoms with Crippen molar-refractivity contribution in [3.8, 4) is 0 Å². The van der Waals surface area contributed by atoms with Crippen LogP contribution in [-0.2, 0) is 0 Å². The molecule has 0 bridgehead atoms. The van der Waals surface area contributed by atoms with Crippen LogP contribution < -0.4 is 10.4 Å². The zero-order chi connectivity index (χ0) is 16.4. The van der Waals surface area contributed by atoms with Crippen molar-refractivity contribution in [2.75, 3.05) is 4.05 Å². The predicted octanol–water partition coefficient (Wildman–Crippen LogP) is 4.38. The molecule has 0 aliphatic heterocycles. The molecule has 22 heavy (non-hydrogen) atoms. The van der Waals surface area contributed by atoms with Crippen LogP contribution in [-0.4, -0.2) is 20.2 Å². The molecule has 2 aromatic carbocycles. The van der Waals surface area contributed by atoms with E-state index in [4.69, 9.17) is 0 Å². The minimum Gasteiger partial charge on any atom is -0.207 e. The number of hydrogen-bond acceptors (Lipinski definition) is 0. The Morgan fingerprint density at radius 2 is 1.18 bits per heavy atom. The summed E-state index contributed by atoms with van der Waals surface area (Å²) < 4.78 is 27.5. The average molecular weight is 446 g/mol. The van der Waals surface area contributed by atoms with E-state index in [1.807, 2.05) is 24.3 Å². The van der Waals surface area contributed by atoms with Crippen molar-refractivity contribution in [1.29, 1.82) is 0 Å². The van der Waals surface area contributed by atoms with Crippen LogP contribution in [0.3, 0.4) is 0 Å². The zero-order valence-corrected chi connectivity index (χ0v) is 17.3. The number of hydrogen-bond donors (Lipinski definition) is 0. The fourth-order valence-corrected chi connectivity index (χ4v) is 18.8. The topological polar surface area (TPSA) is 0 Å². The van der Waals surface area contributed by atoms with Gasteiger partial charge in [-0.1, -0.05) is 82.5 Å². The average Bonchev–Trinajstić information content (AvgIpc) is 2.47. The lowest BCUT2D eigenvalue weighted by molar-refractivity contribution is 0.628. The summed E-state index contributed by atoms with van der Waals surface area (Å²) in [6.07, 6.45) is 0. The molecule has 5 heteroatoms. The van der Waals surface area contributed by atoms with Crippen molar-refractivity contribution in [1.82, 2.24) is 0 Å². The van der Waals surface area contributed by atoms with E-state index in [0.29, 0.717) is 0 Å². The second kappa shape index (κ2) is 6.92. The number of halogens is 3. The Kier molecular flexibility index (Phi) is 5.61. The molecule has 0 heterocycles. The molecule has 0 N–H and O–H groups in total. The molecule has 0 fully saturated rings. The van der Waals surface area contributed by atoms with E-state index in [-0.39, 0.29) is 11.6 Å². The molecule has 0 saturated heterocycles. The molecule has 0 saturated carbocycles. The molecule has 0 nitrogen and oxygen atoms in total. The summed E-state index contributed by atoms with van der Waals surface area (Å²) in [6, 6.07) is 14.0. The minimum atomic E-state index is -1.67. The fourth-order valence-electron chi connectivity index (χ4n) is 3.06. The summed E-state index contributed by atoms with van der Waals surface area (Å²) >= 11 is 2.47. The smallest absolute Gasteiger partial charge is 0.123 e. The van der Waals surface area contributed by atoms with Crippen molar-refractivity contribution in [3.05, 3.63) is 60.2 Å². The van der Waals surface area contributed by atoms with E-state index in [0.717, 1.165) is 4.05 Å². The molecule has 0 aliphatic carbocycles. The van der Waals surface area contributed by atoms with Gasteiger partial charge in [0.2, 0.25) is 0 Å². The second-order valence-electron chi connectivity index (χ2n) is 6.77. The lowest BCUT2D eigenvalue weighted by atomic mass is 10.3. The van der Waals surface area contributed by atoms with Crippen LogP contribution in [0.1, 0.15) is 0 Å². The van der Waals surface area contributed by atoms with Crippen LogP contribution in [0.25, 0.3) is 0 Å². The van der Waals surface area contributed by atoms with Crippen LogP contribution in [0.4, 0.5) is 8.78 Å². The van der Waals surface area contributed by atoms with E-state index in [1.165, 1.54) is 16.0 Å². The fraction of sp³-hybridized carbons (Fsp3) is 0.294. The van der Waals surface area contributed by atoms with Crippen molar-refractivity contribution in [3.63, 3.8) is 0 Å². The van der Waals surface area contributed by atoms with E-state index >= 15 is 0 Å².